The minimum atomic E-state index is 0.309. The summed E-state index contributed by atoms with van der Waals surface area (Å²) in [7, 11) is 0. The van der Waals surface area contributed by atoms with Gasteiger partial charge >= 0.3 is 0 Å². The van der Waals surface area contributed by atoms with E-state index in [0.29, 0.717) is 6.61 Å². The fourth-order valence-electron chi connectivity index (χ4n) is 1.34. The normalized spacial score (nSPS) is 10.4. The molecule has 0 aromatic heterocycles. The van der Waals surface area contributed by atoms with Crippen molar-refractivity contribution < 1.29 is 5.11 Å². The summed E-state index contributed by atoms with van der Waals surface area (Å²) in [4.78, 5) is 0. The standard InChI is InChI=1S/C12H18OS/c13-9-11-14-10-5-4-8-12-6-2-1-3-7-12/h1-3,6-7,13H,4-5,8-11H2. The van der Waals surface area contributed by atoms with E-state index in [1.807, 2.05) is 11.8 Å². The summed E-state index contributed by atoms with van der Waals surface area (Å²) in [6, 6.07) is 10.6. The van der Waals surface area contributed by atoms with Crippen molar-refractivity contribution in [2.45, 2.75) is 19.3 Å². The third kappa shape index (κ3) is 5.30. The highest BCUT2D eigenvalue weighted by Gasteiger charge is 1.92. The molecule has 78 valence electrons. The Balaban J connectivity index is 1.99. The maximum Gasteiger partial charge on any atom is 0.0521 e. The largest absolute Gasteiger partial charge is 0.396 e. The molecule has 1 aromatic carbocycles. The molecule has 14 heavy (non-hydrogen) atoms. The van der Waals surface area contributed by atoms with Crippen LogP contribution >= 0.6 is 11.8 Å². The van der Waals surface area contributed by atoms with Gasteiger partial charge in [0.1, 0.15) is 0 Å². The summed E-state index contributed by atoms with van der Waals surface area (Å²) in [5.74, 6) is 2.05. The van der Waals surface area contributed by atoms with Gasteiger partial charge in [-0.15, -0.1) is 0 Å². The third-order valence-electron chi connectivity index (χ3n) is 2.08. The van der Waals surface area contributed by atoms with Crippen LogP contribution in [0.1, 0.15) is 18.4 Å². The van der Waals surface area contributed by atoms with Crippen LogP contribution in [0.15, 0.2) is 30.3 Å². The molecule has 0 aliphatic heterocycles. The van der Waals surface area contributed by atoms with Crippen LogP contribution in [0.4, 0.5) is 0 Å². The van der Waals surface area contributed by atoms with Gasteiger partial charge < -0.3 is 5.11 Å². The highest BCUT2D eigenvalue weighted by molar-refractivity contribution is 7.99. The Labute approximate surface area is 90.5 Å². The number of thioether (sulfide) groups is 1. The fraction of sp³-hybridized carbons (Fsp3) is 0.500. The van der Waals surface area contributed by atoms with Crippen molar-refractivity contribution in [3.05, 3.63) is 35.9 Å². The van der Waals surface area contributed by atoms with Gasteiger partial charge in [-0.1, -0.05) is 30.3 Å². The van der Waals surface area contributed by atoms with Crippen molar-refractivity contribution in [1.29, 1.82) is 0 Å². The third-order valence-corrected chi connectivity index (χ3v) is 3.13. The molecule has 0 saturated heterocycles. The van der Waals surface area contributed by atoms with Gasteiger partial charge in [-0.25, -0.2) is 0 Å². The zero-order valence-corrected chi connectivity index (χ0v) is 9.30. The van der Waals surface area contributed by atoms with Crippen LogP contribution in [-0.2, 0) is 6.42 Å². The first kappa shape index (κ1) is 11.6. The number of hydrogen-bond donors (Lipinski definition) is 1. The smallest absolute Gasteiger partial charge is 0.0521 e. The average molecular weight is 210 g/mol. The highest BCUT2D eigenvalue weighted by Crippen LogP contribution is 2.08. The van der Waals surface area contributed by atoms with E-state index in [0.717, 1.165) is 5.75 Å². The van der Waals surface area contributed by atoms with Gasteiger partial charge in [0, 0.05) is 5.75 Å². The average Bonchev–Trinajstić information content (AvgIpc) is 2.25. The minimum absolute atomic E-state index is 0.309. The lowest BCUT2D eigenvalue weighted by Gasteiger charge is -2.01. The molecule has 0 bridgehead atoms. The molecular weight excluding hydrogens is 192 g/mol. The van der Waals surface area contributed by atoms with Crippen LogP contribution in [-0.4, -0.2) is 23.2 Å². The SMILES string of the molecule is OCCSCCCCc1ccccc1. The van der Waals surface area contributed by atoms with Crippen molar-refractivity contribution in [2.24, 2.45) is 0 Å². The summed E-state index contributed by atoms with van der Waals surface area (Å²) in [6.45, 7) is 0.309. The van der Waals surface area contributed by atoms with Crippen LogP contribution in [0.25, 0.3) is 0 Å². The van der Waals surface area contributed by atoms with E-state index in [1.54, 1.807) is 0 Å². The summed E-state index contributed by atoms with van der Waals surface area (Å²) < 4.78 is 0. The molecule has 1 aromatic rings. The Hall–Kier alpha value is -0.470. The van der Waals surface area contributed by atoms with E-state index in [1.165, 1.54) is 30.6 Å². The van der Waals surface area contributed by atoms with Crippen molar-refractivity contribution in [2.75, 3.05) is 18.1 Å². The molecule has 2 heteroatoms. The van der Waals surface area contributed by atoms with E-state index in [2.05, 4.69) is 30.3 Å². The Kier molecular flexibility index (Phi) is 6.54. The number of aliphatic hydroxyl groups is 1. The molecule has 0 unspecified atom stereocenters. The molecule has 0 amide bonds. The van der Waals surface area contributed by atoms with E-state index in [-0.39, 0.29) is 0 Å². The lowest BCUT2D eigenvalue weighted by atomic mass is 10.1. The van der Waals surface area contributed by atoms with E-state index in [9.17, 15) is 0 Å². The molecule has 0 heterocycles. The fourth-order valence-corrected chi connectivity index (χ4v) is 2.09. The molecule has 1 nitrogen and oxygen atoms in total. The lowest BCUT2D eigenvalue weighted by Crippen LogP contribution is -1.90. The second-order valence-corrected chi connectivity index (χ2v) is 4.50. The van der Waals surface area contributed by atoms with Crippen LogP contribution in [0.5, 0.6) is 0 Å². The minimum Gasteiger partial charge on any atom is -0.396 e. The van der Waals surface area contributed by atoms with Crippen LogP contribution < -0.4 is 0 Å². The summed E-state index contributed by atoms with van der Waals surface area (Å²) >= 11 is 1.84. The van der Waals surface area contributed by atoms with E-state index in [4.69, 9.17) is 5.11 Å². The van der Waals surface area contributed by atoms with Crippen LogP contribution in [0.3, 0.4) is 0 Å². The quantitative estimate of drug-likeness (QED) is 0.698. The first-order chi connectivity index (χ1) is 6.93. The Bertz CT molecular complexity index is 223. The van der Waals surface area contributed by atoms with Crippen molar-refractivity contribution in [3.63, 3.8) is 0 Å². The molecule has 0 spiro atoms. The highest BCUT2D eigenvalue weighted by atomic mass is 32.2. The van der Waals surface area contributed by atoms with Crippen molar-refractivity contribution >= 4 is 11.8 Å². The topological polar surface area (TPSA) is 20.2 Å². The second-order valence-electron chi connectivity index (χ2n) is 3.28. The molecule has 0 radical (unpaired) electrons. The Morgan fingerprint density at radius 1 is 1.00 bits per heavy atom. The van der Waals surface area contributed by atoms with Gasteiger partial charge in [0.15, 0.2) is 0 Å². The zero-order chi connectivity index (χ0) is 10.1. The molecule has 1 rings (SSSR count). The molecular formula is C12H18OS. The molecule has 1 N–H and O–H groups in total. The van der Waals surface area contributed by atoms with Crippen molar-refractivity contribution in [1.82, 2.24) is 0 Å². The maximum absolute atomic E-state index is 8.58. The van der Waals surface area contributed by atoms with E-state index >= 15 is 0 Å². The first-order valence-corrected chi connectivity index (χ1v) is 6.31. The monoisotopic (exact) mass is 210 g/mol. The number of hydrogen-bond acceptors (Lipinski definition) is 2. The first-order valence-electron chi connectivity index (χ1n) is 5.16. The zero-order valence-electron chi connectivity index (χ0n) is 8.48. The summed E-state index contributed by atoms with van der Waals surface area (Å²) in [5, 5.41) is 8.58. The van der Waals surface area contributed by atoms with Crippen LogP contribution in [0, 0.1) is 0 Å². The predicted octanol–water partition coefficient (Wildman–Crippen LogP) is 2.73. The van der Waals surface area contributed by atoms with Gasteiger partial charge in [-0.3, -0.25) is 0 Å². The number of aliphatic hydroxyl groups excluding tert-OH is 1. The number of rotatable bonds is 7. The summed E-state index contributed by atoms with van der Waals surface area (Å²) in [5.41, 5.74) is 1.43. The van der Waals surface area contributed by atoms with Gasteiger partial charge in [-0.05, 0) is 30.6 Å². The summed E-state index contributed by atoms with van der Waals surface area (Å²) in [6.07, 6.45) is 3.68. The molecule has 0 saturated carbocycles. The number of aryl methyl sites for hydroxylation is 1. The van der Waals surface area contributed by atoms with E-state index < -0.39 is 0 Å². The number of unbranched alkanes of at least 4 members (excludes halogenated alkanes) is 1. The molecule has 0 fully saturated rings. The Morgan fingerprint density at radius 3 is 2.50 bits per heavy atom. The van der Waals surface area contributed by atoms with Crippen LogP contribution in [0.2, 0.25) is 0 Å². The lowest BCUT2D eigenvalue weighted by molar-refractivity contribution is 0.322. The maximum atomic E-state index is 8.58. The van der Waals surface area contributed by atoms with Gasteiger partial charge in [0.05, 0.1) is 6.61 Å². The van der Waals surface area contributed by atoms with Gasteiger partial charge in [0.2, 0.25) is 0 Å². The van der Waals surface area contributed by atoms with Gasteiger partial charge in [0.25, 0.3) is 0 Å². The Morgan fingerprint density at radius 2 is 1.79 bits per heavy atom. The molecule has 0 aliphatic rings. The number of benzene rings is 1. The molecule has 0 aliphatic carbocycles. The second kappa shape index (κ2) is 7.89. The van der Waals surface area contributed by atoms with Gasteiger partial charge in [-0.2, -0.15) is 11.8 Å². The van der Waals surface area contributed by atoms with Crippen molar-refractivity contribution in [3.8, 4) is 0 Å². The molecule has 0 atom stereocenters. The predicted molar refractivity (Wildman–Crippen MR) is 63.8 cm³/mol.